The average molecular weight is 286 g/mol. The zero-order valence-electron chi connectivity index (χ0n) is 11.3. The van der Waals surface area contributed by atoms with Crippen LogP contribution in [0.25, 0.3) is 0 Å². The number of aromatic nitrogens is 2. The number of sulfonamides is 1. The van der Waals surface area contributed by atoms with E-state index in [4.69, 9.17) is 0 Å². The number of aromatic amines is 1. The van der Waals surface area contributed by atoms with E-state index in [0.29, 0.717) is 0 Å². The van der Waals surface area contributed by atoms with E-state index in [1.165, 1.54) is 25.4 Å². The number of piperidine rings is 1. The highest BCUT2D eigenvalue weighted by molar-refractivity contribution is 7.89. The minimum absolute atomic E-state index is 0.0335. The third kappa shape index (κ3) is 4.02. The molecule has 1 fully saturated rings. The van der Waals surface area contributed by atoms with E-state index in [1.54, 1.807) is 0 Å². The number of H-pyrrole nitrogens is 1. The van der Waals surface area contributed by atoms with Crippen LogP contribution in [-0.2, 0) is 10.0 Å². The molecular weight excluding hydrogens is 264 g/mol. The summed E-state index contributed by atoms with van der Waals surface area (Å²) < 4.78 is 26.8. The number of rotatable bonds is 6. The van der Waals surface area contributed by atoms with E-state index in [2.05, 4.69) is 26.5 Å². The molecule has 108 valence electrons. The van der Waals surface area contributed by atoms with Gasteiger partial charge in [0.15, 0.2) is 5.03 Å². The van der Waals surface area contributed by atoms with Gasteiger partial charge in [-0.05, 0) is 38.9 Å². The summed E-state index contributed by atoms with van der Waals surface area (Å²) in [5.74, 6) is 0. The Hall–Kier alpha value is -0.920. The van der Waals surface area contributed by atoms with Crippen molar-refractivity contribution >= 4 is 10.0 Å². The SMILES string of the molecule is CCCCN1CCC(NS(=O)(=O)c2cnc[nH]2)CC1. The Morgan fingerprint density at radius 2 is 2.21 bits per heavy atom. The highest BCUT2D eigenvalue weighted by Crippen LogP contribution is 2.14. The molecule has 7 heteroatoms. The van der Waals surface area contributed by atoms with Crippen molar-refractivity contribution in [3.63, 3.8) is 0 Å². The van der Waals surface area contributed by atoms with Crippen molar-refractivity contribution in [2.45, 2.75) is 43.7 Å². The first kappa shape index (κ1) is 14.5. The van der Waals surface area contributed by atoms with E-state index < -0.39 is 10.0 Å². The van der Waals surface area contributed by atoms with Gasteiger partial charge in [0.2, 0.25) is 0 Å². The van der Waals surface area contributed by atoms with Crippen LogP contribution in [0.4, 0.5) is 0 Å². The van der Waals surface area contributed by atoms with Crippen LogP contribution < -0.4 is 4.72 Å². The minimum Gasteiger partial charge on any atom is -0.335 e. The molecule has 2 rings (SSSR count). The molecule has 2 heterocycles. The summed E-state index contributed by atoms with van der Waals surface area (Å²) in [6.07, 6.45) is 6.87. The second kappa shape index (κ2) is 6.49. The standard InChI is InChI=1S/C12H22N4O2S/c1-2-3-6-16-7-4-11(5-8-16)15-19(17,18)12-9-13-10-14-12/h9-11,15H,2-8H2,1H3,(H,13,14). The summed E-state index contributed by atoms with van der Waals surface area (Å²) in [4.78, 5) is 8.78. The van der Waals surface area contributed by atoms with E-state index in [9.17, 15) is 8.42 Å². The lowest BCUT2D eigenvalue weighted by molar-refractivity contribution is 0.205. The molecule has 0 aromatic carbocycles. The first-order valence-corrected chi connectivity index (χ1v) is 8.33. The van der Waals surface area contributed by atoms with Gasteiger partial charge in [-0.25, -0.2) is 18.1 Å². The molecular formula is C12H22N4O2S. The fraction of sp³-hybridized carbons (Fsp3) is 0.750. The van der Waals surface area contributed by atoms with Crippen molar-refractivity contribution in [2.75, 3.05) is 19.6 Å². The van der Waals surface area contributed by atoms with Crippen LogP contribution >= 0.6 is 0 Å². The summed E-state index contributed by atoms with van der Waals surface area (Å²) in [6, 6.07) is 0.0335. The molecule has 0 bridgehead atoms. The molecule has 1 saturated heterocycles. The van der Waals surface area contributed by atoms with Crippen molar-refractivity contribution in [3.8, 4) is 0 Å². The number of hydrogen-bond donors (Lipinski definition) is 2. The predicted molar refractivity (Wildman–Crippen MR) is 73.3 cm³/mol. The topological polar surface area (TPSA) is 78.1 Å². The van der Waals surface area contributed by atoms with E-state index in [-0.39, 0.29) is 11.1 Å². The van der Waals surface area contributed by atoms with Crippen LogP contribution in [0.15, 0.2) is 17.6 Å². The molecule has 0 unspecified atom stereocenters. The smallest absolute Gasteiger partial charge is 0.257 e. The number of likely N-dealkylation sites (tertiary alicyclic amines) is 1. The lowest BCUT2D eigenvalue weighted by Gasteiger charge is -2.31. The van der Waals surface area contributed by atoms with Gasteiger partial charge in [-0.1, -0.05) is 13.3 Å². The average Bonchev–Trinajstić information content (AvgIpc) is 2.92. The lowest BCUT2D eigenvalue weighted by atomic mass is 10.1. The van der Waals surface area contributed by atoms with Gasteiger partial charge in [-0.15, -0.1) is 0 Å². The number of nitrogens with zero attached hydrogens (tertiary/aromatic N) is 2. The molecule has 1 aliphatic heterocycles. The van der Waals surface area contributed by atoms with Gasteiger partial charge in [0, 0.05) is 6.04 Å². The number of hydrogen-bond acceptors (Lipinski definition) is 4. The Kier molecular flexibility index (Phi) is 4.95. The second-order valence-corrected chi connectivity index (χ2v) is 6.69. The number of imidazole rings is 1. The maximum Gasteiger partial charge on any atom is 0.257 e. The van der Waals surface area contributed by atoms with Crippen molar-refractivity contribution in [3.05, 3.63) is 12.5 Å². The molecule has 19 heavy (non-hydrogen) atoms. The minimum atomic E-state index is -3.44. The molecule has 0 atom stereocenters. The molecule has 0 amide bonds. The van der Waals surface area contributed by atoms with Gasteiger partial charge < -0.3 is 9.88 Å². The normalized spacial score (nSPS) is 18.8. The van der Waals surface area contributed by atoms with Crippen LogP contribution in [0.1, 0.15) is 32.6 Å². The number of nitrogens with one attached hydrogen (secondary N) is 2. The largest absolute Gasteiger partial charge is 0.335 e. The summed E-state index contributed by atoms with van der Waals surface area (Å²) >= 11 is 0. The monoisotopic (exact) mass is 286 g/mol. The van der Waals surface area contributed by atoms with Gasteiger partial charge in [0.05, 0.1) is 12.5 Å². The quantitative estimate of drug-likeness (QED) is 0.816. The zero-order chi connectivity index (χ0) is 13.7. The predicted octanol–water partition coefficient (Wildman–Crippen LogP) is 0.952. The maximum absolute atomic E-state index is 12.0. The Labute approximate surface area is 114 Å². The van der Waals surface area contributed by atoms with Crippen LogP contribution in [0.3, 0.4) is 0 Å². The van der Waals surface area contributed by atoms with Gasteiger partial charge in [-0.2, -0.15) is 0 Å². The van der Waals surface area contributed by atoms with Crippen molar-refractivity contribution < 1.29 is 8.42 Å². The molecule has 2 N–H and O–H groups in total. The van der Waals surface area contributed by atoms with Crippen LogP contribution in [0.5, 0.6) is 0 Å². The Bertz CT molecular complexity index is 464. The van der Waals surface area contributed by atoms with Crippen molar-refractivity contribution in [2.24, 2.45) is 0 Å². The molecule has 1 aromatic heterocycles. The summed E-state index contributed by atoms with van der Waals surface area (Å²) in [5.41, 5.74) is 0. The fourth-order valence-electron chi connectivity index (χ4n) is 2.33. The van der Waals surface area contributed by atoms with Gasteiger partial charge >= 0.3 is 0 Å². The summed E-state index contributed by atoms with van der Waals surface area (Å²) in [5, 5.41) is 0.140. The third-order valence-electron chi connectivity index (χ3n) is 3.50. The highest BCUT2D eigenvalue weighted by atomic mass is 32.2. The van der Waals surface area contributed by atoms with Gasteiger partial charge in [-0.3, -0.25) is 0 Å². The summed E-state index contributed by atoms with van der Waals surface area (Å²) in [6.45, 7) is 5.24. The first-order chi connectivity index (χ1) is 9.12. The molecule has 1 aliphatic rings. The fourth-order valence-corrected chi connectivity index (χ4v) is 3.54. The lowest BCUT2D eigenvalue weighted by Crippen LogP contribution is -2.44. The van der Waals surface area contributed by atoms with E-state index in [0.717, 1.165) is 32.5 Å². The molecule has 0 spiro atoms. The third-order valence-corrected chi connectivity index (χ3v) is 4.95. The maximum atomic E-state index is 12.0. The number of unbranched alkanes of at least 4 members (excludes halogenated alkanes) is 1. The van der Waals surface area contributed by atoms with E-state index in [1.807, 2.05) is 0 Å². The van der Waals surface area contributed by atoms with Crippen molar-refractivity contribution in [1.82, 2.24) is 19.6 Å². The van der Waals surface area contributed by atoms with Gasteiger partial charge in [0.1, 0.15) is 0 Å². The van der Waals surface area contributed by atoms with Crippen LogP contribution in [0, 0.1) is 0 Å². The molecule has 0 saturated carbocycles. The zero-order valence-corrected chi connectivity index (χ0v) is 12.1. The first-order valence-electron chi connectivity index (χ1n) is 6.85. The molecule has 0 radical (unpaired) electrons. The van der Waals surface area contributed by atoms with Crippen LogP contribution in [-0.4, -0.2) is 49.0 Å². The van der Waals surface area contributed by atoms with Gasteiger partial charge in [0.25, 0.3) is 10.0 Å². The van der Waals surface area contributed by atoms with Crippen molar-refractivity contribution in [1.29, 1.82) is 0 Å². The summed E-state index contributed by atoms with van der Waals surface area (Å²) in [7, 11) is -3.44. The van der Waals surface area contributed by atoms with Crippen LogP contribution in [0.2, 0.25) is 0 Å². The highest BCUT2D eigenvalue weighted by Gasteiger charge is 2.24. The Balaban J connectivity index is 1.83. The van der Waals surface area contributed by atoms with E-state index >= 15 is 0 Å². The molecule has 1 aromatic rings. The Morgan fingerprint density at radius 1 is 1.47 bits per heavy atom. The molecule has 0 aliphatic carbocycles. The Morgan fingerprint density at radius 3 is 2.79 bits per heavy atom. The molecule has 6 nitrogen and oxygen atoms in total. The second-order valence-electron chi connectivity index (χ2n) is 5.01.